The van der Waals surface area contributed by atoms with Gasteiger partial charge in [0.15, 0.2) is 6.17 Å². The minimum Gasteiger partial charge on any atom is -0.240 e. The number of hydrogen-bond donors (Lipinski definition) is 0. The Morgan fingerprint density at radius 1 is 0.824 bits per heavy atom. The van der Waals surface area contributed by atoms with Gasteiger partial charge in [-0.15, -0.1) is 0 Å². The summed E-state index contributed by atoms with van der Waals surface area (Å²) in [6.45, 7) is 0.0138. The lowest BCUT2D eigenvalue weighted by atomic mass is 9.85. The Labute approximate surface area is 90.8 Å². The first-order chi connectivity index (χ1) is 7.22. The SMILES string of the molecule is CCC(F)(C(F)C(C)(F)C(F)(F)F)C(F)(F)F. The highest BCUT2D eigenvalue weighted by Crippen LogP contribution is 2.49. The van der Waals surface area contributed by atoms with Crippen molar-refractivity contribution in [3.8, 4) is 0 Å². The molecule has 0 bridgehead atoms. The summed E-state index contributed by atoms with van der Waals surface area (Å²) in [4.78, 5) is 0. The molecular weight excluding hydrogens is 267 g/mol. The molecule has 17 heavy (non-hydrogen) atoms. The monoisotopic (exact) mass is 276 g/mol. The third-order valence-electron chi connectivity index (χ3n) is 2.42. The van der Waals surface area contributed by atoms with Crippen molar-refractivity contribution in [2.45, 2.75) is 50.1 Å². The van der Waals surface area contributed by atoms with Crippen molar-refractivity contribution in [1.82, 2.24) is 0 Å². The van der Waals surface area contributed by atoms with Crippen LogP contribution in [0.4, 0.5) is 39.5 Å². The predicted molar refractivity (Wildman–Crippen MR) is 40.6 cm³/mol. The molecule has 0 aromatic carbocycles. The molecule has 0 aromatic rings. The summed E-state index contributed by atoms with van der Waals surface area (Å²) in [7, 11) is 0. The van der Waals surface area contributed by atoms with Crippen molar-refractivity contribution in [3.05, 3.63) is 0 Å². The largest absolute Gasteiger partial charge is 0.425 e. The molecule has 0 amide bonds. The minimum atomic E-state index is -5.94. The fourth-order valence-corrected chi connectivity index (χ4v) is 1.10. The van der Waals surface area contributed by atoms with Crippen LogP contribution in [0.15, 0.2) is 0 Å². The quantitative estimate of drug-likeness (QED) is 0.674. The molecule has 9 heteroatoms. The minimum absolute atomic E-state index is 0.465. The van der Waals surface area contributed by atoms with Gasteiger partial charge in [0.1, 0.15) is 0 Å². The number of halogens is 9. The highest BCUT2D eigenvalue weighted by molar-refractivity contribution is 5.05. The molecule has 0 radical (unpaired) electrons. The molecule has 0 saturated carbocycles. The molecule has 0 aliphatic rings. The molecular formula is C8H9F9. The van der Waals surface area contributed by atoms with Crippen LogP contribution >= 0.6 is 0 Å². The Hall–Kier alpha value is -0.630. The Kier molecular flexibility index (Phi) is 4.08. The van der Waals surface area contributed by atoms with E-state index in [0.29, 0.717) is 6.92 Å². The first-order valence-electron chi connectivity index (χ1n) is 4.37. The van der Waals surface area contributed by atoms with Gasteiger partial charge in [0, 0.05) is 0 Å². The lowest BCUT2D eigenvalue weighted by Crippen LogP contribution is -2.60. The smallest absolute Gasteiger partial charge is 0.240 e. The van der Waals surface area contributed by atoms with Gasteiger partial charge in [-0.3, -0.25) is 0 Å². The fourth-order valence-electron chi connectivity index (χ4n) is 1.10. The van der Waals surface area contributed by atoms with Crippen LogP contribution < -0.4 is 0 Å². The van der Waals surface area contributed by atoms with Gasteiger partial charge < -0.3 is 0 Å². The van der Waals surface area contributed by atoms with Gasteiger partial charge in [-0.25, -0.2) is 13.2 Å². The molecule has 0 fully saturated rings. The highest BCUT2D eigenvalue weighted by atomic mass is 19.4. The summed E-state index contributed by atoms with van der Waals surface area (Å²) < 4.78 is 112. The highest BCUT2D eigenvalue weighted by Gasteiger charge is 2.71. The third kappa shape index (κ3) is 2.62. The molecule has 3 atom stereocenters. The number of hydrogen-bond acceptors (Lipinski definition) is 0. The standard InChI is InChI=1S/C8H9F9/c1-3-6(11,8(15,16)17)4(9)5(2,10)7(12,13)14/h4H,3H2,1-2H3. The molecule has 0 aromatic heterocycles. The van der Waals surface area contributed by atoms with Crippen LogP contribution in [0.1, 0.15) is 20.3 Å². The van der Waals surface area contributed by atoms with E-state index in [-0.39, 0.29) is 0 Å². The van der Waals surface area contributed by atoms with Gasteiger partial charge in [0.2, 0.25) is 11.3 Å². The van der Waals surface area contributed by atoms with Crippen molar-refractivity contribution in [2.24, 2.45) is 0 Å². The van der Waals surface area contributed by atoms with E-state index in [9.17, 15) is 39.5 Å². The maximum Gasteiger partial charge on any atom is 0.425 e. The Balaban J connectivity index is 5.49. The first-order valence-corrected chi connectivity index (χ1v) is 4.37. The molecule has 104 valence electrons. The molecule has 0 aliphatic heterocycles. The summed E-state index contributed by atoms with van der Waals surface area (Å²) in [6.07, 6.45) is -17.9. The second-order valence-electron chi connectivity index (χ2n) is 3.65. The van der Waals surface area contributed by atoms with E-state index in [1.165, 1.54) is 0 Å². The van der Waals surface area contributed by atoms with Crippen molar-refractivity contribution in [3.63, 3.8) is 0 Å². The average Bonchev–Trinajstić information content (AvgIpc) is 2.11. The second kappa shape index (κ2) is 4.24. The predicted octanol–water partition coefficient (Wildman–Crippen LogP) is 4.30. The fraction of sp³-hybridized carbons (Fsp3) is 1.00. The van der Waals surface area contributed by atoms with Crippen LogP contribution in [0, 0.1) is 0 Å². The van der Waals surface area contributed by atoms with Gasteiger partial charge in [-0.2, -0.15) is 26.3 Å². The zero-order valence-electron chi connectivity index (χ0n) is 8.69. The molecule has 0 spiro atoms. The molecule has 0 heterocycles. The van der Waals surface area contributed by atoms with E-state index in [1.807, 2.05) is 0 Å². The molecule has 0 rings (SSSR count). The van der Waals surface area contributed by atoms with E-state index >= 15 is 0 Å². The molecule has 3 unspecified atom stereocenters. The van der Waals surface area contributed by atoms with Gasteiger partial charge >= 0.3 is 12.4 Å². The van der Waals surface area contributed by atoms with E-state index in [4.69, 9.17) is 0 Å². The first kappa shape index (κ1) is 16.4. The summed E-state index contributed by atoms with van der Waals surface area (Å²) in [5, 5.41) is 0. The van der Waals surface area contributed by atoms with Crippen LogP contribution in [0.25, 0.3) is 0 Å². The van der Waals surface area contributed by atoms with Gasteiger partial charge in [0.25, 0.3) is 0 Å². The zero-order valence-corrected chi connectivity index (χ0v) is 8.69. The van der Waals surface area contributed by atoms with Crippen molar-refractivity contribution < 1.29 is 39.5 Å². The Morgan fingerprint density at radius 3 is 1.35 bits per heavy atom. The molecule has 0 saturated heterocycles. The van der Waals surface area contributed by atoms with Crippen molar-refractivity contribution in [1.29, 1.82) is 0 Å². The average molecular weight is 276 g/mol. The maximum atomic E-state index is 13.2. The summed E-state index contributed by atoms with van der Waals surface area (Å²) in [5.41, 5.74) is -9.81. The van der Waals surface area contributed by atoms with E-state index in [1.54, 1.807) is 0 Å². The van der Waals surface area contributed by atoms with Gasteiger partial charge in [0.05, 0.1) is 0 Å². The van der Waals surface area contributed by atoms with Crippen LogP contribution in [0.3, 0.4) is 0 Å². The lowest BCUT2D eigenvalue weighted by molar-refractivity contribution is -0.305. The Morgan fingerprint density at radius 2 is 1.18 bits per heavy atom. The number of rotatable bonds is 3. The van der Waals surface area contributed by atoms with Gasteiger partial charge in [-0.1, -0.05) is 6.92 Å². The van der Waals surface area contributed by atoms with Crippen LogP contribution in [0.2, 0.25) is 0 Å². The topological polar surface area (TPSA) is 0 Å². The molecule has 0 aliphatic carbocycles. The normalized spacial score (nSPS) is 22.8. The van der Waals surface area contributed by atoms with E-state index < -0.39 is 43.2 Å². The maximum absolute atomic E-state index is 13.2. The molecule has 0 N–H and O–H groups in total. The second-order valence-corrected chi connectivity index (χ2v) is 3.65. The van der Waals surface area contributed by atoms with Crippen LogP contribution in [-0.2, 0) is 0 Å². The van der Waals surface area contributed by atoms with Crippen LogP contribution in [0.5, 0.6) is 0 Å². The third-order valence-corrected chi connectivity index (χ3v) is 2.42. The summed E-state index contributed by atoms with van der Waals surface area (Å²) >= 11 is 0. The zero-order chi connectivity index (χ0) is 14.3. The summed E-state index contributed by atoms with van der Waals surface area (Å²) in [6, 6.07) is 0. The lowest BCUT2D eigenvalue weighted by Gasteiger charge is -2.37. The van der Waals surface area contributed by atoms with Crippen molar-refractivity contribution >= 4 is 0 Å². The molecule has 0 nitrogen and oxygen atoms in total. The van der Waals surface area contributed by atoms with E-state index in [2.05, 4.69) is 0 Å². The van der Waals surface area contributed by atoms with Crippen LogP contribution in [-0.4, -0.2) is 29.9 Å². The van der Waals surface area contributed by atoms with Gasteiger partial charge in [-0.05, 0) is 13.3 Å². The summed E-state index contributed by atoms with van der Waals surface area (Å²) in [5.74, 6) is 0. The van der Waals surface area contributed by atoms with Crippen molar-refractivity contribution in [2.75, 3.05) is 0 Å². The Bertz CT molecular complexity index is 263. The number of alkyl halides is 9. The van der Waals surface area contributed by atoms with E-state index in [0.717, 1.165) is 0 Å².